The second-order valence-electron chi connectivity index (χ2n) is 9.24. The van der Waals surface area contributed by atoms with Gasteiger partial charge in [-0.2, -0.15) is 5.10 Å². The number of anilines is 1. The van der Waals surface area contributed by atoms with Gasteiger partial charge in [0.1, 0.15) is 11.6 Å². The summed E-state index contributed by atoms with van der Waals surface area (Å²) < 4.78 is 1.90. The normalized spacial score (nSPS) is 18.1. The van der Waals surface area contributed by atoms with Gasteiger partial charge in [-0.25, -0.2) is 14.6 Å². The monoisotopic (exact) mass is 454 g/mol. The van der Waals surface area contributed by atoms with Gasteiger partial charge in [0.2, 0.25) is 0 Å². The standard InChI is InChI=1S/C27H30N6O/c1-17-9-14-24(18(2)15-17)33-26-23(16-28-33)25(29-19(3)30-26)31-21-10-12-22(13-11-21)32-27(34)20-7-5-4-6-8-20/h4-9,14-16,21-22H,10-13H2,1-3H3,(H,32,34)(H,29,30,31). The lowest BCUT2D eigenvalue weighted by molar-refractivity contribution is 0.0926. The summed E-state index contributed by atoms with van der Waals surface area (Å²) in [4.78, 5) is 21.9. The number of hydrogen-bond acceptors (Lipinski definition) is 5. The third-order valence-electron chi connectivity index (χ3n) is 6.56. The van der Waals surface area contributed by atoms with E-state index in [-0.39, 0.29) is 11.9 Å². The number of fused-ring (bicyclic) bond motifs is 1. The maximum Gasteiger partial charge on any atom is 0.251 e. The van der Waals surface area contributed by atoms with Crippen LogP contribution in [0.3, 0.4) is 0 Å². The zero-order valence-electron chi connectivity index (χ0n) is 19.9. The van der Waals surface area contributed by atoms with Gasteiger partial charge in [0.05, 0.1) is 17.3 Å². The largest absolute Gasteiger partial charge is 0.367 e. The maximum absolute atomic E-state index is 12.5. The van der Waals surface area contributed by atoms with Gasteiger partial charge in [0.25, 0.3) is 5.91 Å². The first-order valence-electron chi connectivity index (χ1n) is 11.9. The van der Waals surface area contributed by atoms with E-state index in [4.69, 9.17) is 9.97 Å². The number of nitrogens with one attached hydrogen (secondary N) is 2. The Morgan fingerprint density at radius 2 is 1.68 bits per heavy atom. The lowest BCUT2D eigenvalue weighted by Crippen LogP contribution is -2.40. The molecule has 2 heterocycles. The van der Waals surface area contributed by atoms with Gasteiger partial charge in [-0.1, -0.05) is 35.9 Å². The van der Waals surface area contributed by atoms with Crippen molar-refractivity contribution in [2.24, 2.45) is 0 Å². The van der Waals surface area contributed by atoms with E-state index >= 15 is 0 Å². The van der Waals surface area contributed by atoms with Crippen LogP contribution in [-0.4, -0.2) is 37.7 Å². The van der Waals surface area contributed by atoms with E-state index in [1.165, 1.54) is 5.56 Å². The highest BCUT2D eigenvalue weighted by Gasteiger charge is 2.24. The molecule has 5 rings (SSSR count). The summed E-state index contributed by atoms with van der Waals surface area (Å²) in [6.45, 7) is 6.10. The summed E-state index contributed by atoms with van der Waals surface area (Å²) in [5.41, 5.74) is 4.93. The highest BCUT2D eigenvalue weighted by atomic mass is 16.1. The van der Waals surface area contributed by atoms with Crippen LogP contribution in [0.2, 0.25) is 0 Å². The average molecular weight is 455 g/mol. The fourth-order valence-electron chi connectivity index (χ4n) is 4.78. The van der Waals surface area contributed by atoms with Crippen LogP contribution in [-0.2, 0) is 0 Å². The molecule has 34 heavy (non-hydrogen) atoms. The molecule has 7 heteroatoms. The van der Waals surface area contributed by atoms with Crippen molar-refractivity contribution < 1.29 is 4.79 Å². The Kier molecular flexibility index (Phi) is 6.01. The molecular formula is C27H30N6O. The summed E-state index contributed by atoms with van der Waals surface area (Å²) in [7, 11) is 0. The van der Waals surface area contributed by atoms with Crippen molar-refractivity contribution in [2.45, 2.75) is 58.5 Å². The molecule has 7 nitrogen and oxygen atoms in total. The number of nitrogens with zero attached hydrogens (tertiary/aromatic N) is 4. The van der Waals surface area contributed by atoms with Gasteiger partial charge < -0.3 is 10.6 Å². The third kappa shape index (κ3) is 4.51. The Labute approximate surface area is 199 Å². The van der Waals surface area contributed by atoms with E-state index in [0.29, 0.717) is 17.4 Å². The number of carbonyl (C=O) groups excluding carboxylic acids is 1. The summed E-state index contributed by atoms with van der Waals surface area (Å²) in [5.74, 6) is 1.55. The second kappa shape index (κ2) is 9.25. The van der Waals surface area contributed by atoms with Crippen molar-refractivity contribution in [2.75, 3.05) is 5.32 Å². The lowest BCUT2D eigenvalue weighted by atomic mass is 9.91. The van der Waals surface area contributed by atoms with Crippen molar-refractivity contribution in [3.05, 3.63) is 77.2 Å². The van der Waals surface area contributed by atoms with Crippen LogP contribution in [0.4, 0.5) is 5.82 Å². The fourth-order valence-corrected chi connectivity index (χ4v) is 4.78. The first kappa shape index (κ1) is 22.1. The molecule has 0 bridgehead atoms. The minimum absolute atomic E-state index is 0.00366. The van der Waals surface area contributed by atoms with Crippen LogP contribution in [0.5, 0.6) is 0 Å². The number of amides is 1. The molecule has 2 aromatic carbocycles. The predicted octanol–water partition coefficient (Wildman–Crippen LogP) is 4.89. The SMILES string of the molecule is Cc1ccc(-n2ncc3c(NC4CCC(NC(=O)c5ccccc5)CC4)nc(C)nc32)c(C)c1. The van der Waals surface area contributed by atoms with E-state index in [1.807, 2.05) is 48.1 Å². The van der Waals surface area contributed by atoms with E-state index < -0.39 is 0 Å². The third-order valence-corrected chi connectivity index (χ3v) is 6.56. The Morgan fingerprint density at radius 1 is 0.941 bits per heavy atom. The molecule has 0 saturated heterocycles. The lowest BCUT2D eigenvalue weighted by Gasteiger charge is -2.30. The molecule has 0 radical (unpaired) electrons. The van der Waals surface area contributed by atoms with Crippen molar-refractivity contribution in [1.82, 2.24) is 25.1 Å². The molecule has 0 spiro atoms. The number of hydrogen-bond donors (Lipinski definition) is 2. The van der Waals surface area contributed by atoms with E-state index in [9.17, 15) is 4.79 Å². The molecule has 0 aliphatic heterocycles. The van der Waals surface area contributed by atoms with Gasteiger partial charge in [-0.05, 0) is 70.2 Å². The topological polar surface area (TPSA) is 84.7 Å². The molecule has 2 N–H and O–H groups in total. The van der Waals surface area contributed by atoms with Crippen molar-refractivity contribution in [3.63, 3.8) is 0 Å². The molecule has 0 unspecified atom stereocenters. The molecule has 1 fully saturated rings. The quantitative estimate of drug-likeness (QED) is 0.448. The Balaban J connectivity index is 1.29. The molecule has 174 valence electrons. The molecule has 1 amide bonds. The molecule has 1 saturated carbocycles. The Bertz CT molecular complexity index is 1320. The van der Waals surface area contributed by atoms with Crippen LogP contribution in [0.15, 0.2) is 54.7 Å². The number of rotatable bonds is 5. The highest BCUT2D eigenvalue weighted by Crippen LogP contribution is 2.28. The smallest absolute Gasteiger partial charge is 0.251 e. The molecule has 0 atom stereocenters. The van der Waals surface area contributed by atoms with Crippen LogP contribution in [0, 0.1) is 20.8 Å². The molecule has 2 aromatic heterocycles. The van der Waals surface area contributed by atoms with Crippen LogP contribution in [0.25, 0.3) is 16.7 Å². The van der Waals surface area contributed by atoms with E-state index in [1.54, 1.807) is 0 Å². The zero-order valence-corrected chi connectivity index (χ0v) is 19.9. The second-order valence-corrected chi connectivity index (χ2v) is 9.24. The molecular weight excluding hydrogens is 424 g/mol. The first-order chi connectivity index (χ1) is 16.5. The van der Waals surface area contributed by atoms with Crippen molar-refractivity contribution in [1.29, 1.82) is 0 Å². The van der Waals surface area contributed by atoms with Crippen molar-refractivity contribution in [3.8, 4) is 5.69 Å². The summed E-state index contributed by atoms with van der Waals surface area (Å²) in [6, 6.07) is 16.2. The van der Waals surface area contributed by atoms with Crippen LogP contribution in [0.1, 0.15) is 53.0 Å². The Morgan fingerprint density at radius 3 is 2.41 bits per heavy atom. The summed E-state index contributed by atoms with van der Waals surface area (Å²) >= 11 is 0. The summed E-state index contributed by atoms with van der Waals surface area (Å²) in [6.07, 6.45) is 5.66. The van der Waals surface area contributed by atoms with Crippen LogP contribution >= 0.6 is 0 Å². The van der Waals surface area contributed by atoms with Gasteiger partial charge in [0, 0.05) is 17.6 Å². The van der Waals surface area contributed by atoms with Crippen LogP contribution < -0.4 is 10.6 Å². The Hall–Kier alpha value is -3.74. The van der Waals surface area contributed by atoms with E-state index in [2.05, 4.69) is 47.8 Å². The van der Waals surface area contributed by atoms with Gasteiger partial charge in [-0.3, -0.25) is 4.79 Å². The minimum atomic E-state index is 0.00366. The average Bonchev–Trinajstić information content (AvgIpc) is 3.24. The molecule has 4 aromatic rings. The number of aromatic nitrogens is 4. The number of benzene rings is 2. The first-order valence-corrected chi connectivity index (χ1v) is 11.9. The predicted molar refractivity (Wildman–Crippen MR) is 134 cm³/mol. The van der Waals surface area contributed by atoms with Gasteiger partial charge in [0.15, 0.2) is 5.65 Å². The molecule has 1 aliphatic rings. The minimum Gasteiger partial charge on any atom is -0.367 e. The number of aryl methyl sites for hydroxylation is 3. The van der Waals surface area contributed by atoms with Gasteiger partial charge in [-0.15, -0.1) is 0 Å². The van der Waals surface area contributed by atoms with Crippen molar-refractivity contribution >= 4 is 22.8 Å². The fraction of sp³-hybridized carbons (Fsp3) is 0.333. The highest BCUT2D eigenvalue weighted by molar-refractivity contribution is 5.94. The number of carbonyl (C=O) groups is 1. The summed E-state index contributed by atoms with van der Waals surface area (Å²) in [5, 5.41) is 12.4. The maximum atomic E-state index is 12.5. The molecule has 1 aliphatic carbocycles. The van der Waals surface area contributed by atoms with Gasteiger partial charge >= 0.3 is 0 Å². The zero-order chi connectivity index (χ0) is 23.7. The van der Waals surface area contributed by atoms with E-state index in [0.717, 1.165) is 53.8 Å².